The normalized spacial score (nSPS) is 13.6. The van der Waals surface area contributed by atoms with Crippen molar-refractivity contribution in [3.63, 3.8) is 0 Å². The molecule has 0 aliphatic carbocycles. The lowest BCUT2D eigenvalue weighted by Crippen LogP contribution is -2.38. The zero-order valence-electron chi connectivity index (χ0n) is 12.2. The second-order valence-electron chi connectivity index (χ2n) is 5.03. The number of fused-ring (bicyclic) bond motifs is 1. The molecule has 3 rings (SSSR count). The molecular weight excluding hydrogens is 324 g/mol. The van der Waals surface area contributed by atoms with E-state index in [0.29, 0.717) is 25.2 Å². The molecule has 1 N–H and O–H groups in total. The number of rotatable bonds is 2. The number of amides is 1. The molecule has 1 amide bonds. The van der Waals surface area contributed by atoms with E-state index in [1.54, 1.807) is 15.6 Å². The van der Waals surface area contributed by atoms with E-state index in [-0.39, 0.29) is 16.6 Å². The Morgan fingerprint density at radius 1 is 1.35 bits per heavy atom. The molecule has 1 aliphatic rings. The lowest BCUT2D eigenvalue weighted by atomic mass is 10.2. The highest BCUT2D eigenvalue weighted by Crippen LogP contribution is 2.17. The van der Waals surface area contributed by atoms with Crippen LogP contribution in [0.3, 0.4) is 0 Å². The van der Waals surface area contributed by atoms with Gasteiger partial charge in [0.2, 0.25) is 0 Å². The first-order valence-corrected chi connectivity index (χ1v) is 7.20. The van der Waals surface area contributed by atoms with Crippen LogP contribution in [0.1, 0.15) is 26.5 Å². The summed E-state index contributed by atoms with van der Waals surface area (Å²) in [6, 6.07) is 2.94. The fourth-order valence-electron chi connectivity index (χ4n) is 2.41. The number of methoxy groups -OCH3 is 1. The second-order valence-corrected chi connectivity index (χ2v) is 5.43. The third-order valence-electron chi connectivity index (χ3n) is 3.58. The summed E-state index contributed by atoms with van der Waals surface area (Å²) < 4.78 is 6.31. The van der Waals surface area contributed by atoms with E-state index in [2.05, 4.69) is 14.8 Å². The van der Waals surface area contributed by atoms with Crippen LogP contribution in [0.15, 0.2) is 23.1 Å². The molecule has 0 unspecified atom stereocenters. The van der Waals surface area contributed by atoms with E-state index >= 15 is 0 Å². The molecule has 1 aliphatic heterocycles. The highest BCUT2D eigenvalue weighted by molar-refractivity contribution is 6.30. The van der Waals surface area contributed by atoms with Crippen molar-refractivity contribution in [2.24, 2.45) is 0 Å². The van der Waals surface area contributed by atoms with Crippen LogP contribution in [0.2, 0.25) is 5.02 Å². The summed E-state index contributed by atoms with van der Waals surface area (Å²) in [6.45, 7) is 1.21. The van der Waals surface area contributed by atoms with Gasteiger partial charge in [0.05, 0.1) is 31.5 Å². The van der Waals surface area contributed by atoms with E-state index in [0.717, 1.165) is 5.69 Å². The molecule has 9 heteroatoms. The first-order chi connectivity index (χ1) is 11.0. The SMILES string of the molecule is COC(=O)c1cc2n(n1)CCN(C(=O)c1c[nH]c(=O)c(Cl)c1)C2. The predicted molar refractivity (Wildman–Crippen MR) is 80.4 cm³/mol. The highest BCUT2D eigenvalue weighted by Gasteiger charge is 2.25. The Balaban J connectivity index is 1.82. The second kappa shape index (κ2) is 5.88. The van der Waals surface area contributed by atoms with Gasteiger partial charge in [-0.1, -0.05) is 11.6 Å². The third-order valence-corrected chi connectivity index (χ3v) is 3.87. The summed E-state index contributed by atoms with van der Waals surface area (Å²) in [6.07, 6.45) is 1.34. The molecular formula is C14H13ClN4O4. The molecule has 0 radical (unpaired) electrons. The van der Waals surface area contributed by atoms with Crippen LogP contribution in [0.5, 0.6) is 0 Å². The zero-order valence-corrected chi connectivity index (χ0v) is 13.0. The van der Waals surface area contributed by atoms with Gasteiger partial charge in [-0.05, 0) is 12.1 Å². The maximum Gasteiger partial charge on any atom is 0.358 e. The number of carbonyl (C=O) groups excluding carboxylic acids is 2. The van der Waals surface area contributed by atoms with Gasteiger partial charge in [-0.15, -0.1) is 0 Å². The molecule has 0 saturated heterocycles. The van der Waals surface area contributed by atoms with E-state index in [4.69, 9.17) is 11.6 Å². The van der Waals surface area contributed by atoms with Gasteiger partial charge in [0, 0.05) is 12.7 Å². The minimum Gasteiger partial charge on any atom is -0.464 e. The topological polar surface area (TPSA) is 97.3 Å². The summed E-state index contributed by atoms with van der Waals surface area (Å²) >= 11 is 5.75. The Kier molecular flexibility index (Phi) is 3.91. The number of esters is 1. The first-order valence-electron chi connectivity index (χ1n) is 6.82. The molecule has 3 heterocycles. The summed E-state index contributed by atoms with van der Waals surface area (Å²) in [5, 5.41) is 4.11. The summed E-state index contributed by atoms with van der Waals surface area (Å²) in [5.74, 6) is -0.771. The van der Waals surface area contributed by atoms with Crippen molar-refractivity contribution in [2.75, 3.05) is 13.7 Å². The number of nitrogens with zero attached hydrogens (tertiary/aromatic N) is 3. The zero-order chi connectivity index (χ0) is 16.6. The van der Waals surface area contributed by atoms with Gasteiger partial charge in [0.25, 0.3) is 11.5 Å². The molecule has 8 nitrogen and oxygen atoms in total. The lowest BCUT2D eigenvalue weighted by Gasteiger charge is -2.27. The van der Waals surface area contributed by atoms with E-state index in [1.807, 2.05) is 0 Å². The van der Waals surface area contributed by atoms with E-state index in [9.17, 15) is 14.4 Å². The van der Waals surface area contributed by atoms with Crippen molar-refractivity contribution >= 4 is 23.5 Å². The molecule has 2 aromatic heterocycles. The molecule has 23 heavy (non-hydrogen) atoms. The number of aromatic amines is 1. The number of nitrogens with one attached hydrogen (secondary N) is 1. The number of pyridine rings is 1. The maximum atomic E-state index is 12.5. The van der Waals surface area contributed by atoms with E-state index < -0.39 is 11.5 Å². The first kappa shape index (κ1) is 15.3. The van der Waals surface area contributed by atoms with Crippen molar-refractivity contribution in [3.05, 3.63) is 50.7 Å². The Hall–Kier alpha value is -2.61. The van der Waals surface area contributed by atoms with Gasteiger partial charge in [-0.25, -0.2) is 4.79 Å². The maximum absolute atomic E-state index is 12.5. The monoisotopic (exact) mass is 336 g/mol. The lowest BCUT2D eigenvalue weighted by molar-refractivity contribution is 0.0591. The Morgan fingerprint density at radius 3 is 2.83 bits per heavy atom. The average molecular weight is 337 g/mol. The van der Waals surface area contributed by atoms with Gasteiger partial charge >= 0.3 is 5.97 Å². The Morgan fingerprint density at radius 2 is 2.13 bits per heavy atom. The molecule has 0 fully saturated rings. The van der Waals surface area contributed by atoms with Gasteiger partial charge in [-0.3, -0.25) is 14.3 Å². The van der Waals surface area contributed by atoms with Crippen molar-refractivity contribution < 1.29 is 14.3 Å². The fourth-order valence-corrected chi connectivity index (χ4v) is 2.58. The number of hydrogen-bond acceptors (Lipinski definition) is 5. The predicted octanol–water partition coefficient (Wildman–Crippen LogP) is 0.667. The van der Waals surface area contributed by atoms with Crippen molar-refractivity contribution in [2.45, 2.75) is 13.1 Å². The number of halogens is 1. The minimum atomic E-state index is -0.516. The number of carbonyl (C=O) groups is 2. The number of aromatic nitrogens is 3. The Bertz CT molecular complexity index is 842. The molecule has 120 valence electrons. The fraction of sp³-hybridized carbons (Fsp3) is 0.286. The van der Waals surface area contributed by atoms with Crippen LogP contribution in [0.4, 0.5) is 0 Å². The molecule has 0 bridgehead atoms. The Labute approximate surface area is 135 Å². The van der Waals surface area contributed by atoms with Gasteiger partial charge < -0.3 is 14.6 Å². The minimum absolute atomic E-state index is 0.0362. The van der Waals surface area contributed by atoms with Crippen LogP contribution in [0.25, 0.3) is 0 Å². The summed E-state index contributed by atoms with van der Waals surface area (Å²) in [5.41, 5.74) is 0.808. The van der Waals surface area contributed by atoms with Crippen LogP contribution in [0, 0.1) is 0 Å². The molecule has 0 saturated carbocycles. The van der Waals surface area contributed by atoms with Gasteiger partial charge in [0.1, 0.15) is 5.02 Å². The third kappa shape index (κ3) is 2.85. The van der Waals surface area contributed by atoms with Gasteiger partial charge in [0.15, 0.2) is 5.69 Å². The molecule has 0 atom stereocenters. The van der Waals surface area contributed by atoms with Crippen molar-refractivity contribution in [1.29, 1.82) is 0 Å². The van der Waals surface area contributed by atoms with Crippen molar-refractivity contribution in [1.82, 2.24) is 19.7 Å². The van der Waals surface area contributed by atoms with Crippen LogP contribution >= 0.6 is 11.6 Å². The van der Waals surface area contributed by atoms with Gasteiger partial charge in [-0.2, -0.15) is 5.10 Å². The number of H-pyrrole nitrogens is 1. The number of hydrogen-bond donors (Lipinski definition) is 1. The smallest absolute Gasteiger partial charge is 0.358 e. The quantitative estimate of drug-likeness (QED) is 0.813. The average Bonchev–Trinajstić information content (AvgIpc) is 2.99. The summed E-state index contributed by atoms with van der Waals surface area (Å²) in [4.78, 5) is 39.3. The van der Waals surface area contributed by atoms with Crippen LogP contribution in [-0.2, 0) is 17.8 Å². The summed E-state index contributed by atoms with van der Waals surface area (Å²) in [7, 11) is 1.29. The standard InChI is InChI=1S/C14H13ClN4O4/c1-23-14(22)11-5-9-7-18(2-3-19(9)17-11)13(21)8-4-10(15)12(20)16-6-8/h4-6H,2-3,7H2,1H3,(H,16,20). The highest BCUT2D eigenvalue weighted by atomic mass is 35.5. The molecule has 2 aromatic rings. The largest absolute Gasteiger partial charge is 0.464 e. The number of ether oxygens (including phenoxy) is 1. The van der Waals surface area contributed by atoms with Crippen molar-refractivity contribution in [3.8, 4) is 0 Å². The molecule has 0 spiro atoms. The molecule has 0 aromatic carbocycles. The van der Waals surface area contributed by atoms with E-state index in [1.165, 1.54) is 19.4 Å². The van der Waals surface area contributed by atoms with Crippen LogP contribution in [-0.4, -0.2) is 45.2 Å². The van der Waals surface area contributed by atoms with Crippen LogP contribution < -0.4 is 5.56 Å².